The van der Waals surface area contributed by atoms with E-state index in [0.717, 1.165) is 12.1 Å². The Kier molecular flexibility index (Phi) is 6.32. The van der Waals surface area contributed by atoms with Crippen molar-refractivity contribution >= 4 is 28.7 Å². The summed E-state index contributed by atoms with van der Waals surface area (Å²) in [5.41, 5.74) is 1.96. The number of amides is 1. The van der Waals surface area contributed by atoms with E-state index in [0.29, 0.717) is 28.7 Å². The molecule has 0 saturated carbocycles. The average Bonchev–Trinajstić information content (AvgIpc) is 2.85. The van der Waals surface area contributed by atoms with Crippen LogP contribution in [0.4, 0.5) is 0 Å². The van der Waals surface area contributed by atoms with Crippen molar-refractivity contribution < 1.29 is 4.79 Å². The maximum absolute atomic E-state index is 13.1. The zero-order valence-electron chi connectivity index (χ0n) is 15.9. The maximum atomic E-state index is 13.1. The molecule has 0 radical (unpaired) electrons. The number of rotatable bonds is 7. The van der Waals surface area contributed by atoms with Crippen molar-refractivity contribution in [1.29, 1.82) is 0 Å². The predicted octanol–water partition coefficient (Wildman–Crippen LogP) is 2.80. The second-order valence-corrected chi connectivity index (χ2v) is 7.66. The van der Waals surface area contributed by atoms with Gasteiger partial charge < -0.3 is 9.88 Å². The van der Waals surface area contributed by atoms with Crippen LogP contribution in [0.15, 0.2) is 16.0 Å². The molecule has 0 bridgehead atoms. The van der Waals surface area contributed by atoms with Crippen LogP contribution in [0.1, 0.15) is 39.8 Å². The lowest BCUT2D eigenvalue weighted by atomic mass is 10.2. The van der Waals surface area contributed by atoms with Gasteiger partial charge in [0.15, 0.2) is 5.16 Å². The van der Waals surface area contributed by atoms with Gasteiger partial charge in [0.2, 0.25) is 5.91 Å². The molecule has 2 rings (SSSR count). The van der Waals surface area contributed by atoms with E-state index in [1.54, 1.807) is 9.13 Å². The molecule has 1 atom stereocenters. The minimum Gasteiger partial charge on any atom is -0.352 e. The first kappa shape index (κ1) is 19.6. The highest BCUT2D eigenvalue weighted by molar-refractivity contribution is 7.98. The first-order valence-corrected chi connectivity index (χ1v) is 9.94. The standard InChI is InChI=1S/C18H28N4O2S/c1-7-12(4)19-15(23)10-21-13(5)8-14-16(21)17(24)22(9-11(2)3)18(20-14)25-6/h8,11-12H,7,9-10H2,1-6H3,(H,19,23). The van der Waals surface area contributed by atoms with Crippen LogP contribution in [-0.4, -0.2) is 32.3 Å². The second kappa shape index (κ2) is 8.08. The van der Waals surface area contributed by atoms with Crippen LogP contribution in [0.2, 0.25) is 0 Å². The molecule has 25 heavy (non-hydrogen) atoms. The number of hydrogen-bond donors (Lipinski definition) is 1. The quantitative estimate of drug-likeness (QED) is 0.606. The van der Waals surface area contributed by atoms with Crippen LogP contribution in [-0.2, 0) is 17.9 Å². The molecular weight excluding hydrogens is 336 g/mol. The number of carbonyl (C=O) groups is 1. The normalized spacial score (nSPS) is 12.8. The molecule has 1 unspecified atom stereocenters. The number of nitrogens with zero attached hydrogens (tertiary/aromatic N) is 3. The summed E-state index contributed by atoms with van der Waals surface area (Å²) >= 11 is 1.47. The van der Waals surface area contributed by atoms with E-state index >= 15 is 0 Å². The Bertz CT molecular complexity index is 823. The highest BCUT2D eigenvalue weighted by Crippen LogP contribution is 2.19. The van der Waals surface area contributed by atoms with E-state index in [2.05, 4.69) is 24.1 Å². The molecule has 0 aliphatic carbocycles. The molecule has 2 aromatic heterocycles. The molecule has 1 N–H and O–H groups in total. The number of nitrogens with one attached hydrogen (secondary N) is 1. The van der Waals surface area contributed by atoms with Crippen molar-refractivity contribution in [3.05, 3.63) is 22.1 Å². The molecule has 2 heterocycles. The van der Waals surface area contributed by atoms with Gasteiger partial charge in [0, 0.05) is 18.3 Å². The molecular formula is C18H28N4O2S. The van der Waals surface area contributed by atoms with Crippen molar-refractivity contribution in [2.45, 2.75) is 65.3 Å². The fourth-order valence-corrected chi connectivity index (χ4v) is 3.37. The van der Waals surface area contributed by atoms with Gasteiger partial charge in [0.1, 0.15) is 12.1 Å². The molecule has 2 aromatic rings. The van der Waals surface area contributed by atoms with Crippen LogP contribution in [0.5, 0.6) is 0 Å². The number of carbonyl (C=O) groups excluding carboxylic acids is 1. The highest BCUT2D eigenvalue weighted by Gasteiger charge is 2.18. The van der Waals surface area contributed by atoms with Gasteiger partial charge in [0.05, 0.1) is 5.52 Å². The van der Waals surface area contributed by atoms with E-state index in [1.807, 2.05) is 33.1 Å². The van der Waals surface area contributed by atoms with Gasteiger partial charge in [0.25, 0.3) is 5.56 Å². The van der Waals surface area contributed by atoms with Gasteiger partial charge in [-0.3, -0.25) is 14.2 Å². The minimum absolute atomic E-state index is 0.0764. The van der Waals surface area contributed by atoms with Crippen molar-refractivity contribution in [3.63, 3.8) is 0 Å². The van der Waals surface area contributed by atoms with E-state index < -0.39 is 0 Å². The Labute approximate surface area is 153 Å². The summed E-state index contributed by atoms with van der Waals surface area (Å²) in [6.45, 7) is 10.8. The molecule has 0 spiro atoms. The smallest absolute Gasteiger partial charge is 0.278 e. The summed E-state index contributed by atoms with van der Waals surface area (Å²) in [7, 11) is 0. The third kappa shape index (κ3) is 4.26. The molecule has 0 aliphatic heterocycles. The Morgan fingerprint density at radius 2 is 2.00 bits per heavy atom. The van der Waals surface area contributed by atoms with E-state index in [9.17, 15) is 9.59 Å². The summed E-state index contributed by atoms with van der Waals surface area (Å²) in [5, 5.41) is 3.67. The fraction of sp³-hybridized carbons (Fsp3) is 0.611. The summed E-state index contributed by atoms with van der Waals surface area (Å²) < 4.78 is 3.50. The molecule has 0 aliphatic rings. The summed E-state index contributed by atoms with van der Waals surface area (Å²) in [4.78, 5) is 30.0. The molecule has 0 fully saturated rings. The first-order valence-electron chi connectivity index (χ1n) is 8.72. The maximum Gasteiger partial charge on any atom is 0.278 e. The lowest BCUT2D eigenvalue weighted by Crippen LogP contribution is -2.35. The van der Waals surface area contributed by atoms with Crippen molar-refractivity contribution in [2.75, 3.05) is 6.26 Å². The zero-order chi connectivity index (χ0) is 18.7. The number of thioether (sulfide) groups is 1. The van der Waals surface area contributed by atoms with Crippen LogP contribution >= 0.6 is 11.8 Å². The largest absolute Gasteiger partial charge is 0.352 e. The first-order chi connectivity index (χ1) is 11.8. The number of hydrogen-bond acceptors (Lipinski definition) is 4. The van der Waals surface area contributed by atoms with E-state index in [-0.39, 0.29) is 24.1 Å². The van der Waals surface area contributed by atoms with Gasteiger partial charge in [-0.2, -0.15) is 0 Å². The summed E-state index contributed by atoms with van der Waals surface area (Å²) in [5.74, 6) is 0.250. The monoisotopic (exact) mass is 364 g/mol. The van der Waals surface area contributed by atoms with Gasteiger partial charge in [-0.15, -0.1) is 0 Å². The van der Waals surface area contributed by atoms with E-state index in [1.165, 1.54) is 11.8 Å². The van der Waals surface area contributed by atoms with Crippen molar-refractivity contribution in [3.8, 4) is 0 Å². The van der Waals surface area contributed by atoms with Crippen LogP contribution in [0, 0.1) is 12.8 Å². The van der Waals surface area contributed by atoms with Gasteiger partial charge in [-0.25, -0.2) is 4.98 Å². The lowest BCUT2D eigenvalue weighted by Gasteiger charge is -2.15. The third-order valence-electron chi connectivity index (χ3n) is 4.23. The van der Waals surface area contributed by atoms with Crippen molar-refractivity contribution in [1.82, 2.24) is 19.4 Å². The second-order valence-electron chi connectivity index (χ2n) is 6.89. The third-order valence-corrected chi connectivity index (χ3v) is 4.91. The summed E-state index contributed by atoms with van der Waals surface area (Å²) in [6.07, 6.45) is 2.80. The molecule has 0 aromatic carbocycles. The summed E-state index contributed by atoms with van der Waals surface area (Å²) in [6, 6.07) is 2.00. The minimum atomic E-state index is -0.0845. The fourth-order valence-electron chi connectivity index (χ4n) is 2.80. The van der Waals surface area contributed by atoms with Crippen LogP contribution < -0.4 is 10.9 Å². The number of aryl methyl sites for hydroxylation is 1. The molecule has 0 saturated heterocycles. The van der Waals surface area contributed by atoms with Crippen molar-refractivity contribution in [2.24, 2.45) is 5.92 Å². The predicted molar refractivity (Wildman–Crippen MR) is 103 cm³/mol. The molecule has 1 amide bonds. The van der Waals surface area contributed by atoms with Gasteiger partial charge in [-0.1, -0.05) is 32.5 Å². The molecule has 6 nitrogen and oxygen atoms in total. The van der Waals surface area contributed by atoms with E-state index in [4.69, 9.17) is 0 Å². The topological polar surface area (TPSA) is 68.9 Å². The van der Waals surface area contributed by atoms with Crippen LogP contribution in [0.3, 0.4) is 0 Å². The van der Waals surface area contributed by atoms with Gasteiger partial charge >= 0.3 is 0 Å². The lowest BCUT2D eigenvalue weighted by molar-refractivity contribution is -0.122. The SMILES string of the molecule is CCC(C)NC(=O)Cn1c(C)cc2nc(SC)n(CC(C)C)c(=O)c21. The zero-order valence-corrected chi connectivity index (χ0v) is 16.7. The van der Waals surface area contributed by atoms with Gasteiger partial charge in [-0.05, 0) is 38.5 Å². The Morgan fingerprint density at radius 1 is 1.32 bits per heavy atom. The Morgan fingerprint density at radius 3 is 2.56 bits per heavy atom. The Hall–Kier alpha value is -1.76. The average molecular weight is 365 g/mol. The molecule has 138 valence electrons. The Balaban J connectivity index is 2.53. The number of fused-ring (bicyclic) bond motifs is 1. The number of aromatic nitrogens is 3. The van der Waals surface area contributed by atoms with Crippen LogP contribution in [0.25, 0.3) is 11.0 Å². The molecule has 7 heteroatoms. The highest BCUT2D eigenvalue weighted by atomic mass is 32.2.